The number of benzene rings is 1. The fraction of sp³-hybridized carbons (Fsp3) is 0.500. The quantitative estimate of drug-likeness (QED) is 0.837. The summed E-state index contributed by atoms with van der Waals surface area (Å²) >= 11 is 0. The van der Waals surface area contributed by atoms with Crippen molar-refractivity contribution in [3.05, 3.63) is 29.6 Å². The van der Waals surface area contributed by atoms with Crippen molar-refractivity contribution in [2.24, 2.45) is 0 Å². The summed E-state index contributed by atoms with van der Waals surface area (Å²) in [6.45, 7) is 4.27. The fourth-order valence-electron chi connectivity index (χ4n) is 0.945. The summed E-state index contributed by atoms with van der Waals surface area (Å²) in [5, 5.41) is 0. The van der Waals surface area contributed by atoms with Gasteiger partial charge in [0.2, 0.25) is 0 Å². The van der Waals surface area contributed by atoms with Crippen LogP contribution in [0.2, 0.25) is 0 Å². The van der Waals surface area contributed by atoms with Crippen LogP contribution in [0.1, 0.15) is 32.3 Å². The Hall–Kier alpha value is -0.900. The summed E-state index contributed by atoms with van der Waals surface area (Å²) in [5.74, 6) is -0.392. The summed E-state index contributed by atoms with van der Waals surface area (Å²) in [7, 11) is -1.60. The Morgan fingerprint density at radius 1 is 1.33 bits per heavy atom. The van der Waals surface area contributed by atoms with Gasteiger partial charge < -0.3 is 14.2 Å². The lowest BCUT2D eigenvalue weighted by molar-refractivity contribution is 0.271. The maximum Gasteiger partial charge on any atom is 0.316 e. The molecule has 0 aliphatic heterocycles. The van der Waals surface area contributed by atoms with Crippen molar-refractivity contribution < 1.29 is 23.1 Å². The van der Waals surface area contributed by atoms with Gasteiger partial charge in [-0.15, -0.1) is 0 Å². The Morgan fingerprint density at radius 2 is 1.94 bits per heavy atom. The molecule has 1 unspecified atom stereocenters. The van der Waals surface area contributed by atoms with E-state index >= 15 is 0 Å². The molecule has 0 aromatic heterocycles. The number of unbranched alkanes of at least 4 members (excludes halogenated alkanes) is 1. The van der Waals surface area contributed by atoms with Gasteiger partial charge in [-0.2, -0.15) is 0 Å². The van der Waals surface area contributed by atoms with E-state index in [2.05, 4.69) is 18.4 Å². The SMILES string of the molecule is CCCC.COc1ccc(CO[PH](=O)O)cc1F. The van der Waals surface area contributed by atoms with Gasteiger partial charge in [0.1, 0.15) is 0 Å². The van der Waals surface area contributed by atoms with Crippen molar-refractivity contribution in [1.82, 2.24) is 0 Å². The Bertz CT molecular complexity index is 369. The van der Waals surface area contributed by atoms with E-state index in [4.69, 9.17) is 9.63 Å². The molecule has 0 saturated heterocycles. The van der Waals surface area contributed by atoms with E-state index in [9.17, 15) is 8.96 Å². The van der Waals surface area contributed by atoms with Crippen molar-refractivity contribution in [3.8, 4) is 5.75 Å². The minimum atomic E-state index is -2.96. The van der Waals surface area contributed by atoms with Crippen molar-refractivity contribution in [1.29, 1.82) is 0 Å². The first-order valence-electron chi connectivity index (χ1n) is 5.73. The molecule has 4 nitrogen and oxygen atoms in total. The van der Waals surface area contributed by atoms with Crippen LogP contribution in [-0.2, 0) is 15.7 Å². The molecule has 0 spiro atoms. The number of halogens is 1. The van der Waals surface area contributed by atoms with E-state index in [-0.39, 0.29) is 12.4 Å². The number of hydrogen-bond donors (Lipinski definition) is 1. The van der Waals surface area contributed by atoms with Gasteiger partial charge in [-0.3, -0.25) is 4.57 Å². The third-order valence-electron chi connectivity index (χ3n) is 2.08. The first-order valence-corrected chi connectivity index (χ1v) is 6.99. The molecule has 0 fully saturated rings. The third kappa shape index (κ3) is 7.43. The van der Waals surface area contributed by atoms with E-state index < -0.39 is 14.1 Å². The molecule has 1 aromatic carbocycles. The summed E-state index contributed by atoms with van der Waals surface area (Å²) in [5.41, 5.74) is 0.482. The lowest BCUT2D eigenvalue weighted by Crippen LogP contribution is -1.91. The van der Waals surface area contributed by atoms with Crippen molar-refractivity contribution in [3.63, 3.8) is 0 Å². The van der Waals surface area contributed by atoms with Gasteiger partial charge in [0, 0.05) is 0 Å². The highest BCUT2D eigenvalue weighted by Crippen LogP contribution is 2.21. The van der Waals surface area contributed by atoms with Gasteiger partial charge in [0.05, 0.1) is 13.7 Å². The summed E-state index contributed by atoms with van der Waals surface area (Å²) in [4.78, 5) is 8.39. The predicted octanol–water partition coefficient (Wildman–Crippen LogP) is 3.54. The average molecular weight is 278 g/mol. The van der Waals surface area contributed by atoms with Crippen LogP contribution in [0.25, 0.3) is 0 Å². The molecular weight excluding hydrogens is 258 g/mol. The van der Waals surface area contributed by atoms with Gasteiger partial charge in [-0.1, -0.05) is 32.8 Å². The number of rotatable bonds is 5. The zero-order valence-electron chi connectivity index (χ0n) is 10.9. The minimum Gasteiger partial charge on any atom is -0.494 e. The van der Waals surface area contributed by atoms with Crippen LogP contribution in [0.15, 0.2) is 18.2 Å². The topological polar surface area (TPSA) is 55.8 Å². The molecular formula is C12H20FO4P. The third-order valence-corrected chi connectivity index (χ3v) is 2.47. The second kappa shape index (κ2) is 10.1. The van der Waals surface area contributed by atoms with Gasteiger partial charge in [-0.05, 0) is 17.7 Å². The summed E-state index contributed by atoms with van der Waals surface area (Å²) in [6, 6.07) is 4.19. The van der Waals surface area contributed by atoms with Crippen LogP contribution < -0.4 is 4.74 Å². The lowest BCUT2D eigenvalue weighted by Gasteiger charge is -2.04. The number of hydrogen-bond acceptors (Lipinski definition) is 3. The molecule has 0 aliphatic carbocycles. The molecule has 0 amide bonds. The van der Waals surface area contributed by atoms with Gasteiger partial charge in [0.25, 0.3) is 0 Å². The lowest BCUT2D eigenvalue weighted by atomic mass is 10.2. The van der Waals surface area contributed by atoms with E-state index in [1.54, 1.807) is 6.07 Å². The highest BCUT2D eigenvalue weighted by atomic mass is 31.1. The molecule has 104 valence electrons. The standard InChI is InChI=1S/C8H10FO4P.C4H10/c1-12-8-3-2-6(4-7(8)9)5-13-14(10)11;1-3-4-2/h2-4,14H,5H2,1H3,(H,10,11);3-4H2,1-2H3. The first-order chi connectivity index (χ1) is 8.54. The van der Waals surface area contributed by atoms with Crippen LogP contribution in [0.4, 0.5) is 4.39 Å². The molecule has 6 heteroatoms. The van der Waals surface area contributed by atoms with Gasteiger partial charge >= 0.3 is 8.25 Å². The maximum absolute atomic E-state index is 13.1. The molecule has 1 atom stereocenters. The number of ether oxygens (including phenoxy) is 1. The molecule has 0 aliphatic rings. The van der Waals surface area contributed by atoms with Crippen molar-refractivity contribution in [2.75, 3.05) is 7.11 Å². The first kappa shape index (κ1) is 17.1. The predicted molar refractivity (Wildman–Crippen MR) is 69.5 cm³/mol. The highest BCUT2D eigenvalue weighted by molar-refractivity contribution is 7.32. The summed E-state index contributed by atoms with van der Waals surface area (Å²) < 4.78 is 32.4. The van der Waals surface area contributed by atoms with Crippen molar-refractivity contribution >= 4 is 8.25 Å². The molecule has 0 radical (unpaired) electrons. The van der Waals surface area contributed by atoms with Gasteiger partial charge in [-0.25, -0.2) is 4.39 Å². The number of methoxy groups -OCH3 is 1. The van der Waals surface area contributed by atoms with Gasteiger partial charge in [0.15, 0.2) is 11.6 Å². The Morgan fingerprint density at radius 3 is 2.33 bits per heavy atom. The van der Waals surface area contributed by atoms with E-state index in [0.717, 1.165) is 0 Å². The van der Waals surface area contributed by atoms with Crippen LogP contribution in [-0.4, -0.2) is 12.0 Å². The van der Waals surface area contributed by atoms with E-state index in [1.165, 1.54) is 32.1 Å². The largest absolute Gasteiger partial charge is 0.494 e. The van der Waals surface area contributed by atoms with E-state index in [0.29, 0.717) is 5.56 Å². The Labute approximate surface area is 108 Å². The van der Waals surface area contributed by atoms with E-state index in [1.807, 2.05) is 0 Å². The minimum absolute atomic E-state index is 0.0881. The molecule has 1 aromatic rings. The molecule has 1 N–H and O–H groups in total. The van der Waals surface area contributed by atoms with Crippen LogP contribution in [0, 0.1) is 5.82 Å². The second-order valence-corrected chi connectivity index (χ2v) is 4.34. The second-order valence-electron chi connectivity index (χ2n) is 3.52. The summed E-state index contributed by atoms with van der Waals surface area (Å²) in [6.07, 6.45) is 2.64. The zero-order chi connectivity index (χ0) is 14.0. The highest BCUT2D eigenvalue weighted by Gasteiger charge is 2.03. The molecule has 18 heavy (non-hydrogen) atoms. The average Bonchev–Trinajstić information content (AvgIpc) is 2.36. The smallest absolute Gasteiger partial charge is 0.316 e. The molecule has 0 bridgehead atoms. The maximum atomic E-state index is 13.1. The van der Waals surface area contributed by atoms with Crippen molar-refractivity contribution in [2.45, 2.75) is 33.3 Å². The molecule has 1 rings (SSSR count). The Balaban J connectivity index is 0.000000631. The molecule has 0 saturated carbocycles. The van der Waals surface area contributed by atoms with Crippen LogP contribution >= 0.6 is 8.25 Å². The van der Waals surface area contributed by atoms with Crippen LogP contribution in [0.5, 0.6) is 5.75 Å². The van der Waals surface area contributed by atoms with Crippen LogP contribution in [0.3, 0.4) is 0 Å². The Kier molecular flexibility index (Phi) is 9.56. The fourth-order valence-corrected chi connectivity index (χ4v) is 1.23. The monoisotopic (exact) mass is 278 g/mol. The normalized spacial score (nSPS) is 11.4. The molecule has 0 heterocycles. The zero-order valence-corrected chi connectivity index (χ0v) is 11.9.